The fourth-order valence-electron chi connectivity index (χ4n) is 5.75. The molecule has 12 heteroatoms. The maximum Gasteiger partial charge on any atom is 0.229 e. The third-order valence-corrected chi connectivity index (χ3v) is 9.36. The Balaban J connectivity index is 1.27. The van der Waals surface area contributed by atoms with E-state index in [0.29, 0.717) is 28.9 Å². The van der Waals surface area contributed by atoms with Crippen LogP contribution in [0.3, 0.4) is 0 Å². The van der Waals surface area contributed by atoms with Crippen molar-refractivity contribution in [2.24, 2.45) is 0 Å². The minimum absolute atomic E-state index is 0.412. The van der Waals surface area contributed by atoms with E-state index in [1.807, 2.05) is 12.1 Å². The highest BCUT2D eigenvalue weighted by molar-refractivity contribution is 8.00. The number of nitrogens with zero attached hydrogens (tertiary/aromatic N) is 7. The number of nitrogens with one attached hydrogen (secondary N) is 2. The number of hydrogen-bond acceptors (Lipinski definition) is 11. The molecule has 1 aliphatic carbocycles. The summed E-state index contributed by atoms with van der Waals surface area (Å²) in [5.74, 6) is 1.64. The van der Waals surface area contributed by atoms with E-state index >= 15 is 0 Å². The number of piperidine rings is 1. The molecule has 6 rings (SSSR count). The lowest BCUT2D eigenvalue weighted by atomic mass is 10.0. The van der Waals surface area contributed by atoms with Gasteiger partial charge in [0.1, 0.15) is 16.3 Å². The van der Waals surface area contributed by atoms with E-state index in [0.717, 1.165) is 78.2 Å². The summed E-state index contributed by atoms with van der Waals surface area (Å²) < 4.78 is 8.13. The minimum Gasteiger partial charge on any atom is -0.494 e. The lowest BCUT2D eigenvalue weighted by Crippen LogP contribution is -2.42. The predicted octanol–water partition coefficient (Wildman–Crippen LogP) is 6.65. The molecule has 0 bridgehead atoms. The number of aryl methyl sites for hydroxylation is 1. The highest BCUT2D eigenvalue weighted by atomic mass is 35.5. The first-order valence-electron chi connectivity index (χ1n) is 14.6. The Kier molecular flexibility index (Phi) is 8.65. The van der Waals surface area contributed by atoms with Crippen molar-refractivity contribution in [1.29, 1.82) is 0 Å². The standard InChI is InChI=1S/C31H38ClN9OS/c1-19-16-25(27(42-4)17-26(19)40-14-10-20(11-15-40)39(2)3)37-31-35-18-22(32)30(38-31)36-24-9-8-23-28(34-13-12-33-23)29(24)41(43-5)21-6-7-21/h8-9,12-13,16-18,20-21H,6-7,10-11,14-15H2,1-5H3,(H2,35,36,37,38). The average molecular weight is 620 g/mol. The second-order valence-corrected chi connectivity index (χ2v) is 12.5. The zero-order chi connectivity index (χ0) is 30.1. The van der Waals surface area contributed by atoms with Crippen LogP contribution < -0.4 is 24.6 Å². The van der Waals surface area contributed by atoms with E-state index in [1.165, 1.54) is 5.69 Å². The van der Waals surface area contributed by atoms with Gasteiger partial charge in [-0.3, -0.25) is 9.97 Å². The SMILES string of the molecule is COc1cc(N2CCC(N(C)C)CC2)c(C)cc1Nc1ncc(Cl)c(Nc2ccc3nccnc3c2N(SC)C2CC2)n1. The number of fused-ring (bicyclic) bond motifs is 1. The summed E-state index contributed by atoms with van der Waals surface area (Å²) in [5.41, 5.74) is 6.67. The van der Waals surface area contributed by atoms with Gasteiger partial charge in [0.2, 0.25) is 5.95 Å². The van der Waals surface area contributed by atoms with Crippen LogP contribution in [-0.2, 0) is 0 Å². The van der Waals surface area contributed by atoms with Crippen molar-refractivity contribution in [2.45, 2.75) is 44.7 Å². The molecule has 226 valence electrons. The first kappa shape index (κ1) is 29.5. The number of methoxy groups -OCH3 is 1. The van der Waals surface area contributed by atoms with Crippen LogP contribution in [0.25, 0.3) is 11.0 Å². The quantitative estimate of drug-likeness (QED) is 0.187. The minimum atomic E-state index is 0.412. The van der Waals surface area contributed by atoms with Crippen LogP contribution in [-0.4, -0.2) is 77.5 Å². The Morgan fingerprint density at radius 3 is 2.44 bits per heavy atom. The molecular formula is C31H38ClN9OS. The molecular weight excluding hydrogens is 582 g/mol. The number of benzene rings is 2. The Morgan fingerprint density at radius 1 is 0.977 bits per heavy atom. The summed E-state index contributed by atoms with van der Waals surface area (Å²) in [6, 6.07) is 9.27. The van der Waals surface area contributed by atoms with Crippen molar-refractivity contribution in [3.05, 3.63) is 53.4 Å². The van der Waals surface area contributed by atoms with Crippen molar-refractivity contribution in [2.75, 3.05) is 60.4 Å². The average Bonchev–Trinajstić information content (AvgIpc) is 3.86. The number of ether oxygens (including phenoxy) is 1. The zero-order valence-corrected chi connectivity index (χ0v) is 26.8. The summed E-state index contributed by atoms with van der Waals surface area (Å²) >= 11 is 8.32. The molecule has 1 saturated heterocycles. The number of hydrogen-bond donors (Lipinski definition) is 2. The van der Waals surface area contributed by atoms with Gasteiger partial charge in [0.15, 0.2) is 5.82 Å². The third-order valence-electron chi connectivity index (χ3n) is 8.21. The highest BCUT2D eigenvalue weighted by Crippen LogP contribution is 2.44. The van der Waals surface area contributed by atoms with Crippen molar-refractivity contribution in [3.8, 4) is 5.75 Å². The van der Waals surface area contributed by atoms with Gasteiger partial charge in [-0.1, -0.05) is 23.5 Å². The summed E-state index contributed by atoms with van der Waals surface area (Å²) in [5, 5.41) is 7.26. The van der Waals surface area contributed by atoms with Crippen LogP contribution in [0.4, 0.5) is 34.5 Å². The largest absolute Gasteiger partial charge is 0.494 e. The van der Waals surface area contributed by atoms with Gasteiger partial charge in [-0.05, 0) is 70.5 Å². The molecule has 43 heavy (non-hydrogen) atoms. The lowest BCUT2D eigenvalue weighted by molar-refractivity contribution is 0.249. The molecule has 2 aromatic heterocycles. The molecule has 2 fully saturated rings. The van der Waals surface area contributed by atoms with Gasteiger partial charge in [0, 0.05) is 55.6 Å². The first-order valence-corrected chi connectivity index (χ1v) is 16.2. The van der Waals surface area contributed by atoms with Crippen molar-refractivity contribution in [3.63, 3.8) is 0 Å². The smallest absolute Gasteiger partial charge is 0.229 e. The molecule has 1 saturated carbocycles. The van der Waals surface area contributed by atoms with E-state index < -0.39 is 0 Å². The maximum absolute atomic E-state index is 6.63. The monoisotopic (exact) mass is 619 g/mol. The maximum atomic E-state index is 6.63. The summed E-state index contributed by atoms with van der Waals surface area (Å²) in [7, 11) is 6.02. The van der Waals surface area contributed by atoms with Gasteiger partial charge in [0.05, 0.1) is 35.9 Å². The molecule has 10 nitrogen and oxygen atoms in total. The summed E-state index contributed by atoms with van der Waals surface area (Å²) in [6.07, 6.45) is 11.7. The van der Waals surface area contributed by atoms with E-state index in [9.17, 15) is 0 Å². The van der Waals surface area contributed by atoms with E-state index in [2.05, 4.69) is 79.1 Å². The number of rotatable bonds is 10. The number of anilines is 6. The molecule has 0 atom stereocenters. The van der Waals surface area contributed by atoms with Crippen LogP contribution in [0.1, 0.15) is 31.2 Å². The molecule has 2 aliphatic rings. The third kappa shape index (κ3) is 6.25. The number of halogens is 1. The normalized spacial score (nSPS) is 15.7. The molecule has 0 radical (unpaired) electrons. The second kappa shape index (κ2) is 12.6. The van der Waals surface area contributed by atoms with Crippen molar-refractivity contribution >= 4 is 69.1 Å². The van der Waals surface area contributed by atoms with E-state index in [1.54, 1.807) is 37.6 Å². The van der Waals surface area contributed by atoms with Gasteiger partial charge in [-0.15, -0.1) is 0 Å². The summed E-state index contributed by atoms with van der Waals surface area (Å²) in [4.78, 5) is 23.2. The van der Waals surface area contributed by atoms with Crippen LogP contribution >= 0.6 is 23.5 Å². The molecule has 3 heterocycles. The van der Waals surface area contributed by atoms with E-state index in [4.69, 9.17) is 21.3 Å². The topological polar surface area (TPSA) is 94.6 Å². The Morgan fingerprint density at radius 2 is 1.74 bits per heavy atom. The predicted molar refractivity (Wildman–Crippen MR) is 179 cm³/mol. The van der Waals surface area contributed by atoms with Gasteiger partial charge in [0.25, 0.3) is 0 Å². The molecule has 2 N–H and O–H groups in total. The molecule has 0 unspecified atom stereocenters. The highest BCUT2D eigenvalue weighted by Gasteiger charge is 2.32. The molecule has 1 aliphatic heterocycles. The fraction of sp³-hybridized carbons (Fsp3) is 0.419. The first-order chi connectivity index (χ1) is 20.9. The van der Waals surface area contributed by atoms with Crippen LogP contribution in [0, 0.1) is 6.92 Å². The molecule has 0 amide bonds. The zero-order valence-electron chi connectivity index (χ0n) is 25.3. The van der Waals surface area contributed by atoms with Gasteiger partial charge in [-0.25, -0.2) is 4.98 Å². The Bertz CT molecular complexity index is 1610. The van der Waals surface area contributed by atoms with Gasteiger partial charge >= 0.3 is 0 Å². The molecule has 0 spiro atoms. The van der Waals surface area contributed by atoms with Crippen LogP contribution in [0.5, 0.6) is 5.75 Å². The molecule has 4 aromatic rings. The Labute approximate surface area is 262 Å². The van der Waals surface area contributed by atoms with Crippen LogP contribution in [0.2, 0.25) is 5.02 Å². The number of aromatic nitrogens is 4. The van der Waals surface area contributed by atoms with E-state index in [-0.39, 0.29) is 0 Å². The van der Waals surface area contributed by atoms with Crippen LogP contribution in [0.15, 0.2) is 42.9 Å². The molecule has 2 aromatic carbocycles. The van der Waals surface area contributed by atoms with Crippen molar-refractivity contribution in [1.82, 2.24) is 24.8 Å². The Hall–Kier alpha value is -3.54. The fourth-order valence-corrected chi connectivity index (χ4v) is 6.76. The van der Waals surface area contributed by atoms with Crippen molar-refractivity contribution < 1.29 is 4.74 Å². The lowest BCUT2D eigenvalue weighted by Gasteiger charge is -2.37. The second-order valence-electron chi connectivity index (χ2n) is 11.3. The van der Waals surface area contributed by atoms with Gasteiger partial charge in [-0.2, -0.15) is 4.98 Å². The summed E-state index contributed by atoms with van der Waals surface area (Å²) in [6.45, 7) is 4.17. The van der Waals surface area contributed by atoms with Gasteiger partial charge < -0.3 is 29.5 Å².